The van der Waals surface area contributed by atoms with Gasteiger partial charge in [-0.05, 0) is 37.6 Å². The summed E-state index contributed by atoms with van der Waals surface area (Å²) in [6.07, 6.45) is 2.14. The van der Waals surface area contributed by atoms with E-state index in [0.29, 0.717) is 16.9 Å². The molecule has 0 saturated carbocycles. The van der Waals surface area contributed by atoms with Gasteiger partial charge in [-0.15, -0.1) is 0 Å². The van der Waals surface area contributed by atoms with E-state index < -0.39 is 11.9 Å². The van der Waals surface area contributed by atoms with Crippen LogP contribution in [0.3, 0.4) is 0 Å². The van der Waals surface area contributed by atoms with E-state index in [1.807, 2.05) is 13.8 Å². The largest absolute Gasteiger partial charge is 0.494 e. The molecule has 1 N–H and O–H groups in total. The number of benzene rings is 1. The smallest absolute Gasteiger partial charge is 0.165 e. The summed E-state index contributed by atoms with van der Waals surface area (Å²) in [5, 5.41) is 10.3. The Hall–Kier alpha value is -2.14. The minimum absolute atomic E-state index is 0.0117. The second kappa shape index (κ2) is 6.54. The number of aromatic nitrogens is 1. The number of rotatable bonds is 5. The van der Waals surface area contributed by atoms with Gasteiger partial charge in [0.1, 0.15) is 11.9 Å². The molecule has 112 valence electrons. The van der Waals surface area contributed by atoms with E-state index in [0.717, 1.165) is 0 Å². The fraction of sp³-hybridized carbons (Fsp3) is 0.312. The van der Waals surface area contributed by atoms with Gasteiger partial charge in [0.05, 0.1) is 19.4 Å². The summed E-state index contributed by atoms with van der Waals surface area (Å²) in [5.74, 6) is 0.188. The maximum Gasteiger partial charge on any atom is 0.165 e. The van der Waals surface area contributed by atoms with E-state index in [1.54, 1.807) is 18.3 Å². The van der Waals surface area contributed by atoms with Gasteiger partial charge in [0.2, 0.25) is 0 Å². The zero-order valence-electron chi connectivity index (χ0n) is 12.2. The van der Waals surface area contributed by atoms with Crippen molar-refractivity contribution in [1.29, 1.82) is 0 Å². The van der Waals surface area contributed by atoms with E-state index >= 15 is 0 Å². The first kappa shape index (κ1) is 15.3. The maximum atomic E-state index is 13.7. The maximum absolute atomic E-state index is 13.7. The third-order valence-electron chi connectivity index (χ3n) is 2.91. The highest BCUT2D eigenvalue weighted by Crippen LogP contribution is 2.27. The van der Waals surface area contributed by atoms with Crippen LogP contribution in [0.15, 0.2) is 36.7 Å². The molecule has 2 rings (SSSR count). The average molecular weight is 291 g/mol. The number of hydrogen-bond acceptors (Lipinski definition) is 4. The third-order valence-corrected chi connectivity index (χ3v) is 2.91. The van der Waals surface area contributed by atoms with Gasteiger partial charge in [0.15, 0.2) is 11.6 Å². The molecular formula is C16H18FNO3. The van der Waals surface area contributed by atoms with Crippen LogP contribution in [0.1, 0.15) is 31.1 Å². The van der Waals surface area contributed by atoms with Crippen molar-refractivity contribution in [1.82, 2.24) is 4.98 Å². The molecule has 1 heterocycles. The van der Waals surface area contributed by atoms with Crippen LogP contribution in [0.2, 0.25) is 0 Å². The van der Waals surface area contributed by atoms with Gasteiger partial charge >= 0.3 is 0 Å². The predicted molar refractivity (Wildman–Crippen MR) is 77.0 cm³/mol. The summed E-state index contributed by atoms with van der Waals surface area (Å²) in [7, 11) is 1.39. The molecule has 0 bridgehead atoms. The lowest BCUT2D eigenvalue weighted by molar-refractivity contribution is 0.215. The minimum Gasteiger partial charge on any atom is -0.494 e. The Morgan fingerprint density at radius 3 is 2.52 bits per heavy atom. The van der Waals surface area contributed by atoms with Gasteiger partial charge in [-0.25, -0.2) is 4.39 Å². The van der Waals surface area contributed by atoms with Crippen molar-refractivity contribution in [3.63, 3.8) is 0 Å². The molecule has 4 nitrogen and oxygen atoms in total. The Bertz CT molecular complexity index is 616. The average Bonchev–Trinajstić information content (AvgIpc) is 2.46. The number of pyridine rings is 1. The third kappa shape index (κ3) is 3.70. The molecule has 0 aliphatic carbocycles. The van der Waals surface area contributed by atoms with Crippen molar-refractivity contribution in [3.8, 4) is 11.5 Å². The lowest BCUT2D eigenvalue weighted by Gasteiger charge is -2.15. The molecule has 0 aliphatic rings. The molecule has 0 amide bonds. The van der Waals surface area contributed by atoms with E-state index in [2.05, 4.69) is 4.98 Å². The highest BCUT2D eigenvalue weighted by atomic mass is 19.1. The number of aliphatic hydroxyl groups excluding tert-OH is 1. The van der Waals surface area contributed by atoms with Crippen LogP contribution in [0.5, 0.6) is 11.5 Å². The molecule has 21 heavy (non-hydrogen) atoms. The number of ether oxygens (including phenoxy) is 2. The first-order valence-electron chi connectivity index (χ1n) is 6.64. The van der Waals surface area contributed by atoms with Gasteiger partial charge in [0.25, 0.3) is 0 Å². The molecule has 0 spiro atoms. The number of nitrogens with zero attached hydrogens (tertiary/aromatic N) is 1. The van der Waals surface area contributed by atoms with Crippen molar-refractivity contribution in [3.05, 3.63) is 53.6 Å². The molecule has 2 aromatic rings. The van der Waals surface area contributed by atoms with Crippen LogP contribution in [-0.2, 0) is 0 Å². The van der Waals surface area contributed by atoms with Crippen molar-refractivity contribution >= 4 is 0 Å². The highest BCUT2D eigenvalue weighted by Gasteiger charge is 2.14. The molecule has 1 unspecified atom stereocenters. The number of aliphatic hydroxyl groups is 1. The zero-order chi connectivity index (χ0) is 15.4. The summed E-state index contributed by atoms with van der Waals surface area (Å²) < 4.78 is 24.1. The van der Waals surface area contributed by atoms with Gasteiger partial charge in [-0.2, -0.15) is 0 Å². The first-order chi connectivity index (χ1) is 10.0. The quantitative estimate of drug-likeness (QED) is 0.919. The van der Waals surface area contributed by atoms with Gasteiger partial charge < -0.3 is 14.6 Å². The Morgan fingerprint density at radius 1 is 1.14 bits per heavy atom. The molecule has 0 saturated heterocycles. The van der Waals surface area contributed by atoms with Gasteiger partial charge in [-0.1, -0.05) is 6.07 Å². The van der Waals surface area contributed by atoms with E-state index in [4.69, 9.17) is 9.47 Å². The number of hydrogen-bond donors (Lipinski definition) is 1. The monoisotopic (exact) mass is 291 g/mol. The molecule has 0 radical (unpaired) electrons. The van der Waals surface area contributed by atoms with Crippen LogP contribution in [0, 0.1) is 5.82 Å². The summed E-state index contributed by atoms with van der Waals surface area (Å²) in [5.41, 5.74) is 0.967. The summed E-state index contributed by atoms with van der Waals surface area (Å²) in [6.45, 7) is 3.81. The summed E-state index contributed by atoms with van der Waals surface area (Å²) in [4.78, 5) is 4.04. The van der Waals surface area contributed by atoms with Crippen LogP contribution in [-0.4, -0.2) is 23.3 Å². The first-order valence-corrected chi connectivity index (χ1v) is 6.64. The predicted octanol–water partition coefficient (Wildman–Crippen LogP) is 3.10. The zero-order valence-corrected chi connectivity index (χ0v) is 12.2. The van der Waals surface area contributed by atoms with E-state index in [-0.39, 0.29) is 11.9 Å². The molecule has 0 fully saturated rings. The van der Waals surface area contributed by atoms with Crippen molar-refractivity contribution in [2.24, 2.45) is 0 Å². The van der Waals surface area contributed by atoms with Crippen LogP contribution in [0.4, 0.5) is 4.39 Å². The Labute approximate surface area is 123 Å². The van der Waals surface area contributed by atoms with Crippen molar-refractivity contribution in [2.45, 2.75) is 26.1 Å². The van der Waals surface area contributed by atoms with E-state index in [9.17, 15) is 9.50 Å². The minimum atomic E-state index is -0.978. The lowest BCUT2D eigenvalue weighted by atomic mass is 10.0. The van der Waals surface area contributed by atoms with E-state index in [1.165, 1.54) is 25.4 Å². The summed E-state index contributed by atoms with van der Waals surface area (Å²) in [6, 6.07) is 6.04. The van der Waals surface area contributed by atoms with Gasteiger partial charge in [0, 0.05) is 11.8 Å². The Balaban J connectivity index is 2.27. The lowest BCUT2D eigenvalue weighted by Crippen LogP contribution is -2.07. The molecule has 5 heteroatoms. The van der Waals surface area contributed by atoms with Crippen LogP contribution in [0.25, 0.3) is 0 Å². The molecule has 1 atom stereocenters. The normalized spacial score (nSPS) is 12.3. The van der Waals surface area contributed by atoms with Gasteiger partial charge in [-0.3, -0.25) is 4.98 Å². The van der Waals surface area contributed by atoms with Crippen molar-refractivity contribution in [2.75, 3.05) is 7.11 Å². The topological polar surface area (TPSA) is 51.6 Å². The number of halogens is 1. The molecule has 0 aliphatic heterocycles. The fourth-order valence-electron chi connectivity index (χ4n) is 1.97. The van der Waals surface area contributed by atoms with Crippen molar-refractivity contribution < 1.29 is 19.0 Å². The molecule has 1 aromatic carbocycles. The second-order valence-electron chi connectivity index (χ2n) is 4.92. The number of methoxy groups -OCH3 is 1. The second-order valence-corrected chi connectivity index (χ2v) is 4.92. The van der Waals surface area contributed by atoms with Crippen LogP contribution < -0.4 is 9.47 Å². The standard InChI is InChI=1S/C16H18FNO3/c1-10(2)21-13-6-12(8-18-9-13)16(19)11-4-5-15(20-3)14(17)7-11/h4-10,16,19H,1-3H3. The highest BCUT2D eigenvalue weighted by molar-refractivity contribution is 5.36. The van der Waals surface area contributed by atoms with Crippen LogP contribution >= 0.6 is 0 Å². The summed E-state index contributed by atoms with van der Waals surface area (Å²) >= 11 is 0. The Kier molecular flexibility index (Phi) is 4.75. The Morgan fingerprint density at radius 2 is 1.90 bits per heavy atom. The molecular weight excluding hydrogens is 273 g/mol. The molecule has 1 aromatic heterocycles. The SMILES string of the molecule is COc1ccc(C(O)c2cncc(OC(C)C)c2)cc1F. The fourth-order valence-corrected chi connectivity index (χ4v) is 1.97.